The molecule has 3 amide bonds. The van der Waals surface area contributed by atoms with Crippen LogP contribution in [0.5, 0.6) is 5.75 Å². The number of amides is 3. The molecule has 1 aliphatic heterocycles. The second-order valence-electron chi connectivity index (χ2n) is 12.6. The standard InChI is InChI=1S/C33H39ClN4O5/c1-32(2,3)21-10-12-24(27(19-21)42-23-14-17-38(18-15-23)31(41)43-33(4,5)6)29(39)36-26-13-11-22(34)20-25(26)30(40)37-28-9-7-8-16-35-28/h7-13,16,19-20,23H,14-15,17-18H2,1-6H3,(H,36,39)(H,35,37,40). The van der Waals surface area contributed by atoms with E-state index in [0.717, 1.165) is 5.56 Å². The van der Waals surface area contributed by atoms with Crippen LogP contribution in [-0.4, -0.2) is 52.6 Å². The smallest absolute Gasteiger partial charge is 0.410 e. The fourth-order valence-electron chi connectivity index (χ4n) is 4.56. The second-order valence-corrected chi connectivity index (χ2v) is 13.0. The Bertz CT molecular complexity index is 1470. The number of hydrogen-bond acceptors (Lipinski definition) is 6. The highest BCUT2D eigenvalue weighted by atomic mass is 35.5. The van der Waals surface area contributed by atoms with Gasteiger partial charge in [-0.1, -0.05) is 44.5 Å². The van der Waals surface area contributed by atoms with E-state index in [0.29, 0.717) is 53.8 Å². The molecule has 2 heterocycles. The first-order chi connectivity index (χ1) is 20.2. The summed E-state index contributed by atoms with van der Waals surface area (Å²) in [5.74, 6) is -0.0892. The summed E-state index contributed by atoms with van der Waals surface area (Å²) >= 11 is 6.21. The van der Waals surface area contributed by atoms with Crippen molar-refractivity contribution in [2.45, 2.75) is 71.5 Å². The van der Waals surface area contributed by atoms with Crippen LogP contribution in [-0.2, 0) is 10.2 Å². The van der Waals surface area contributed by atoms with Crippen molar-refractivity contribution in [2.24, 2.45) is 0 Å². The van der Waals surface area contributed by atoms with E-state index in [-0.39, 0.29) is 23.2 Å². The number of carbonyl (C=O) groups excluding carboxylic acids is 3. The van der Waals surface area contributed by atoms with Gasteiger partial charge in [-0.2, -0.15) is 0 Å². The van der Waals surface area contributed by atoms with Gasteiger partial charge in [0.05, 0.1) is 16.8 Å². The van der Waals surface area contributed by atoms with Crippen molar-refractivity contribution in [1.29, 1.82) is 0 Å². The van der Waals surface area contributed by atoms with Crippen LogP contribution < -0.4 is 15.4 Å². The van der Waals surface area contributed by atoms with Crippen molar-refractivity contribution in [1.82, 2.24) is 9.88 Å². The lowest BCUT2D eigenvalue weighted by Crippen LogP contribution is -2.44. The van der Waals surface area contributed by atoms with Gasteiger partial charge in [0, 0.05) is 37.2 Å². The van der Waals surface area contributed by atoms with Crippen molar-refractivity contribution in [3.05, 3.63) is 82.5 Å². The molecule has 0 atom stereocenters. The van der Waals surface area contributed by atoms with E-state index in [2.05, 4.69) is 36.4 Å². The zero-order valence-corrected chi connectivity index (χ0v) is 26.2. The summed E-state index contributed by atoms with van der Waals surface area (Å²) in [4.78, 5) is 45.1. The number of aromatic nitrogens is 1. The second kappa shape index (κ2) is 13.0. The molecular formula is C33H39ClN4O5. The number of nitrogens with zero attached hydrogens (tertiary/aromatic N) is 2. The molecule has 43 heavy (non-hydrogen) atoms. The molecule has 0 radical (unpaired) electrons. The summed E-state index contributed by atoms with van der Waals surface area (Å²) in [7, 11) is 0. The van der Waals surface area contributed by atoms with E-state index in [9.17, 15) is 14.4 Å². The highest BCUT2D eigenvalue weighted by molar-refractivity contribution is 6.31. The molecule has 1 aliphatic rings. The SMILES string of the molecule is CC(C)(C)OC(=O)N1CCC(Oc2cc(C(C)(C)C)ccc2C(=O)Nc2ccc(Cl)cc2C(=O)Nc2ccccn2)CC1. The Hall–Kier alpha value is -4.11. The Morgan fingerprint density at radius 1 is 0.884 bits per heavy atom. The third-order valence-electron chi connectivity index (χ3n) is 6.86. The van der Waals surface area contributed by atoms with Crippen LogP contribution in [0.3, 0.4) is 0 Å². The Morgan fingerprint density at radius 2 is 1.58 bits per heavy atom. The zero-order chi connectivity index (χ0) is 31.4. The lowest BCUT2D eigenvalue weighted by Gasteiger charge is -2.34. The molecule has 228 valence electrons. The van der Waals surface area contributed by atoms with E-state index in [1.807, 2.05) is 32.9 Å². The minimum atomic E-state index is -0.566. The molecule has 1 fully saturated rings. The van der Waals surface area contributed by atoms with Gasteiger partial charge in [0.25, 0.3) is 11.8 Å². The molecule has 1 saturated heterocycles. The highest BCUT2D eigenvalue weighted by Gasteiger charge is 2.29. The van der Waals surface area contributed by atoms with Crippen molar-refractivity contribution in [3.63, 3.8) is 0 Å². The Labute approximate surface area is 257 Å². The van der Waals surface area contributed by atoms with Crippen LogP contribution >= 0.6 is 11.6 Å². The molecule has 0 bridgehead atoms. The summed E-state index contributed by atoms with van der Waals surface area (Å²) in [6.45, 7) is 12.8. The maximum absolute atomic E-state index is 13.7. The first-order valence-electron chi connectivity index (χ1n) is 14.3. The van der Waals surface area contributed by atoms with E-state index >= 15 is 0 Å². The van der Waals surface area contributed by atoms with Gasteiger partial charge >= 0.3 is 6.09 Å². The first-order valence-corrected chi connectivity index (χ1v) is 14.7. The van der Waals surface area contributed by atoms with Gasteiger partial charge in [-0.15, -0.1) is 0 Å². The third kappa shape index (κ3) is 8.70. The molecule has 9 nitrogen and oxygen atoms in total. The summed E-state index contributed by atoms with van der Waals surface area (Å²) in [5.41, 5.74) is 1.07. The number of hydrogen-bond donors (Lipinski definition) is 2. The average molecular weight is 607 g/mol. The van der Waals surface area contributed by atoms with Crippen LogP contribution in [0.4, 0.5) is 16.3 Å². The van der Waals surface area contributed by atoms with Gasteiger partial charge in [0.15, 0.2) is 0 Å². The number of halogens is 1. The fraction of sp³-hybridized carbons (Fsp3) is 0.394. The predicted octanol–water partition coefficient (Wildman–Crippen LogP) is 7.32. The Kier molecular flexibility index (Phi) is 9.65. The van der Waals surface area contributed by atoms with Gasteiger partial charge in [-0.25, -0.2) is 9.78 Å². The maximum Gasteiger partial charge on any atom is 0.410 e. The quantitative estimate of drug-likeness (QED) is 0.304. The minimum absolute atomic E-state index is 0.180. The highest BCUT2D eigenvalue weighted by Crippen LogP contribution is 2.32. The number of benzene rings is 2. The van der Waals surface area contributed by atoms with Crippen LogP contribution in [0.15, 0.2) is 60.8 Å². The molecule has 0 unspecified atom stereocenters. The van der Waals surface area contributed by atoms with Gasteiger partial charge in [-0.05, 0) is 74.2 Å². The summed E-state index contributed by atoms with van der Waals surface area (Å²) in [6, 6.07) is 15.4. The predicted molar refractivity (Wildman–Crippen MR) is 168 cm³/mol. The average Bonchev–Trinajstić information content (AvgIpc) is 2.93. The normalized spacial score (nSPS) is 14.2. The van der Waals surface area contributed by atoms with Gasteiger partial charge in [0.2, 0.25) is 0 Å². The van der Waals surface area contributed by atoms with E-state index in [4.69, 9.17) is 21.1 Å². The number of carbonyl (C=O) groups is 3. The van der Waals surface area contributed by atoms with Gasteiger partial charge in [-0.3, -0.25) is 9.59 Å². The third-order valence-corrected chi connectivity index (χ3v) is 7.10. The molecule has 10 heteroatoms. The van der Waals surface area contributed by atoms with Crippen molar-refractivity contribution in [3.8, 4) is 5.75 Å². The molecule has 0 saturated carbocycles. The van der Waals surface area contributed by atoms with Crippen molar-refractivity contribution >= 4 is 41.0 Å². The van der Waals surface area contributed by atoms with E-state index in [1.54, 1.807) is 47.5 Å². The first kappa shape index (κ1) is 31.8. The molecule has 2 aromatic carbocycles. The number of nitrogens with one attached hydrogen (secondary N) is 2. The Morgan fingerprint density at radius 3 is 2.21 bits per heavy atom. The number of rotatable bonds is 6. The zero-order valence-electron chi connectivity index (χ0n) is 25.5. The lowest BCUT2D eigenvalue weighted by molar-refractivity contribution is 0.0126. The molecule has 4 rings (SSSR count). The molecule has 3 aromatic rings. The number of anilines is 2. The van der Waals surface area contributed by atoms with Crippen LogP contribution in [0.2, 0.25) is 5.02 Å². The maximum atomic E-state index is 13.7. The number of ether oxygens (including phenoxy) is 2. The molecule has 0 aliphatic carbocycles. The fourth-order valence-corrected chi connectivity index (χ4v) is 4.73. The molecule has 1 aromatic heterocycles. The minimum Gasteiger partial charge on any atom is -0.489 e. The Balaban J connectivity index is 1.54. The monoisotopic (exact) mass is 606 g/mol. The van der Waals surface area contributed by atoms with Crippen LogP contribution in [0.25, 0.3) is 0 Å². The lowest BCUT2D eigenvalue weighted by atomic mass is 9.86. The van der Waals surface area contributed by atoms with Crippen LogP contribution in [0.1, 0.15) is 80.7 Å². The van der Waals surface area contributed by atoms with Gasteiger partial charge in [0.1, 0.15) is 23.3 Å². The van der Waals surface area contributed by atoms with Gasteiger partial charge < -0.3 is 25.0 Å². The van der Waals surface area contributed by atoms with E-state index < -0.39 is 17.4 Å². The summed E-state index contributed by atoms with van der Waals surface area (Å²) < 4.78 is 11.9. The summed E-state index contributed by atoms with van der Waals surface area (Å²) in [5, 5.41) is 5.95. The van der Waals surface area contributed by atoms with Crippen molar-refractivity contribution < 1.29 is 23.9 Å². The number of pyridine rings is 1. The number of piperidine rings is 1. The largest absolute Gasteiger partial charge is 0.489 e. The molecular weight excluding hydrogens is 568 g/mol. The van der Waals surface area contributed by atoms with E-state index in [1.165, 1.54) is 6.07 Å². The molecule has 2 N–H and O–H groups in total. The molecule has 0 spiro atoms. The van der Waals surface area contributed by atoms with Crippen LogP contribution in [0, 0.1) is 0 Å². The number of likely N-dealkylation sites (tertiary alicyclic amines) is 1. The topological polar surface area (TPSA) is 110 Å². The van der Waals surface area contributed by atoms with Crippen molar-refractivity contribution in [2.75, 3.05) is 23.7 Å². The summed E-state index contributed by atoms with van der Waals surface area (Å²) in [6.07, 6.45) is 2.21.